The van der Waals surface area contributed by atoms with Crippen LogP contribution in [0.2, 0.25) is 0 Å². The molecule has 0 spiro atoms. The van der Waals surface area contributed by atoms with Gasteiger partial charge in [-0.3, -0.25) is 4.79 Å². The van der Waals surface area contributed by atoms with Gasteiger partial charge in [-0.2, -0.15) is 0 Å². The molecule has 0 aliphatic carbocycles. The zero-order valence-electron chi connectivity index (χ0n) is 10.5. The Morgan fingerprint density at radius 2 is 2.06 bits per heavy atom. The van der Waals surface area contributed by atoms with Crippen LogP contribution in [0.1, 0.15) is 16.1 Å². The van der Waals surface area contributed by atoms with Crippen LogP contribution in [-0.4, -0.2) is 29.6 Å². The Hall–Kier alpha value is -2.30. The van der Waals surface area contributed by atoms with Crippen molar-refractivity contribution in [1.82, 2.24) is 9.55 Å². The minimum atomic E-state index is -0.130. The highest BCUT2D eigenvalue weighted by Crippen LogP contribution is 2.26. The molecule has 0 fully saturated rings. The smallest absolute Gasteiger partial charge is 0.214 e. The number of benzene rings is 1. The number of imidazole rings is 1. The molecule has 0 bridgehead atoms. The van der Waals surface area contributed by atoms with E-state index in [-0.39, 0.29) is 5.78 Å². The van der Waals surface area contributed by atoms with Crippen LogP contribution >= 0.6 is 0 Å². The molecule has 1 heterocycles. The van der Waals surface area contributed by atoms with Gasteiger partial charge >= 0.3 is 0 Å². The molecule has 0 radical (unpaired) electrons. The van der Waals surface area contributed by atoms with Gasteiger partial charge in [-0.1, -0.05) is 0 Å². The van der Waals surface area contributed by atoms with Crippen LogP contribution in [0.3, 0.4) is 0 Å². The maximum Gasteiger partial charge on any atom is 0.214 e. The minimum absolute atomic E-state index is 0.130. The Labute approximate surface area is 105 Å². The van der Waals surface area contributed by atoms with Gasteiger partial charge in [-0.25, -0.2) is 4.98 Å². The summed E-state index contributed by atoms with van der Waals surface area (Å²) in [6.45, 7) is 0. The number of ether oxygens (including phenoxy) is 2. The number of rotatable bonds is 4. The lowest BCUT2D eigenvalue weighted by molar-refractivity contribution is 0.102. The minimum Gasteiger partial charge on any atom is -0.497 e. The van der Waals surface area contributed by atoms with E-state index < -0.39 is 0 Å². The van der Waals surface area contributed by atoms with E-state index >= 15 is 0 Å². The van der Waals surface area contributed by atoms with Crippen molar-refractivity contribution in [2.24, 2.45) is 7.05 Å². The number of hydrogen-bond acceptors (Lipinski definition) is 4. The van der Waals surface area contributed by atoms with E-state index in [1.165, 1.54) is 13.3 Å². The van der Waals surface area contributed by atoms with Crippen LogP contribution in [0.15, 0.2) is 30.7 Å². The Morgan fingerprint density at radius 3 is 2.61 bits per heavy atom. The van der Waals surface area contributed by atoms with Crippen LogP contribution < -0.4 is 9.47 Å². The molecule has 2 rings (SSSR count). The monoisotopic (exact) mass is 246 g/mol. The second kappa shape index (κ2) is 4.91. The Morgan fingerprint density at radius 1 is 1.28 bits per heavy atom. The number of methoxy groups -OCH3 is 2. The van der Waals surface area contributed by atoms with Crippen molar-refractivity contribution in [1.29, 1.82) is 0 Å². The molecule has 1 aromatic heterocycles. The Bertz CT molecular complexity index is 575. The van der Waals surface area contributed by atoms with Gasteiger partial charge in [0.2, 0.25) is 5.78 Å². The van der Waals surface area contributed by atoms with E-state index in [0.717, 1.165) is 0 Å². The lowest BCUT2D eigenvalue weighted by Gasteiger charge is -2.09. The second-order valence-corrected chi connectivity index (χ2v) is 3.79. The van der Waals surface area contributed by atoms with Gasteiger partial charge in [-0.05, 0) is 12.1 Å². The third kappa shape index (κ3) is 2.07. The predicted octanol–water partition coefficient (Wildman–Crippen LogP) is 1.67. The highest BCUT2D eigenvalue weighted by molar-refractivity contribution is 6.09. The molecule has 94 valence electrons. The maximum atomic E-state index is 12.3. The third-order valence-electron chi connectivity index (χ3n) is 2.70. The summed E-state index contributed by atoms with van der Waals surface area (Å²) in [4.78, 5) is 16.3. The summed E-state index contributed by atoms with van der Waals surface area (Å²) in [6, 6.07) is 5.10. The molecule has 18 heavy (non-hydrogen) atoms. The van der Waals surface area contributed by atoms with Gasteiger partial charge in [0.05, 0.1) is 32.3 Å². The summed E-state index contributed by atoms with van der Waals surface area (Å²) in [5.74, 6) is 1.00. The number of nitrogens with zero attached hydrogens (tertiary/aromatic N) is 2. The first-order chi connectivity index (χ1) is 8.67. The van der Waals surface area contributed by atoms with Crippen LogP contribution in [0.5, 0.6) is 11.5 Å². The summed E-state index contributed by atoms with van der Waals surface area (Å²) in [5, 5.41) is 0. The first-order valence-electron chi connectivity index (χ1n) is 5.40. The summed E-state index contributed by atoms with van der Waals surface area (Å²) < 4.78 is 12.0. The molecule has 0 unspecified atom stereocenters. The average molecular weight is 246 g/mol. The van der Waals surface area contributed by atoms with E-state index in [1.54, 1.807) is 43.3 Å². The van der Waals surface area contributed by atoms with Crippen molar-refractivity contribution in [3.05, 3.63) is 42.0 Å². The van der Waals surface area contributed by atoms with Gasteiger partial charge in [0.1, 0.15) is 17.2 Å². The molecule has 0 aliphatic rings. The van der Waals surface area contributed by atoms with Crippen LogP contribution in [0.25, 0.3) is 0 Å². The Balaban J connectivity index is 2.45. The highest BCUT2D eigenvalue weighted by atomic mass is 16.5. The quantitative estimate of drug-likeness (QED) is 0.770. The lowest BCUT2D eigenvalue weighted by atomic mass is 10.1. The number of aryl methyl sites for hydroxylation is 1. The predicted molar refractivity (Wildman–Crippen MR) is 66.2 cm³/mol. The number of hydrogen-bond donors (Lipinski definition) is 0. The fraction of sp³-hybridized carbons (Fsp3) is 0.231. The topological polar surface area (TPSA) is 53.3 Å². The van der Waals surface area contributed by atoms with Gasteiger partial charge in [0.15, 0.2) is 0 Å². The Kier molecular flexibility index (Phi) is 3.32. The van der Waals surface area contributed by atoms with E-state index in [0.29, 0.717) is 22.8 Å². The van der Waals surface area contributed by atoms with Gasteiger partial charge in [0, 0.05) is 13.1 Å². The first kappa shape index (κ1) is 12.2. The van der Waals surface area contributed by atoms with Gasteiger partial charge < -0.3 is 14.0 Å². The van der Waals surface area contributed by atoms with E-state index in [9.17, 15) is 4.79 Å². The van der Waals surface area contributed by atoms with Crippen LogP contribution in [0, 0.1) is 0 Å². The zero-order chi connectivity index (χ0) is 13.1. The SMILES string of the molecule is COc1ccc(C(=O)c2cncn2C)c(OC)c1. The van der Waals surface area contributed by atoms with Crippen molar-refractivity contribution in [3.63, 3.8) is 0 Å². The normalized spacial score (nSPS) is 10.2. The first-order valence-corrected chi connectivity index (χ1v) is 5.40. The molecular formula is C13H14N2O3. The fourth-order valence-corrected chi connectivity index (χ4v) is 1.70. The van der Waals surface area contributed by atoms with Gasteiger partial charge in [0.25, 0.3) is 0 Å². The van der Waals surface area contributed by atoms with Crippen molar-refractivity contribution >= 4 is 5.78 Å². The summed E-state index contributed by atoms with van der Waals surface area (Å²) in [5.41, 5.74) is 1.00. The van der Waals surface area contributed by atoms with Crippen molar-refractivity contribution in [3.8, 4) is 11.5 Å². The summed E-state index contributed by atoms with van der Waals surface area (Å²) >= 11 is 0. The number of carbonyl (C=O) groups is 1. The molecule has 0 saturated heterocycles. The molecule has 5 nitrogen and oxygen atoms in total. The number of carbonyl (C=O) groups excluding carboxylic acids is 1. The van der Waals surface area contributed by atoms with Crippen molar-refractivity contribution in [2.75, 3.05) is 14.2 Å². The maximum absolute atomic E-state index is 12.3. The van der Waals surface area contributed by atoms with Crippen molar-refractivity contribution in [2.45, 2.75) is 0 Å². The zero-order valence-corrected chi connectivity index (χ0v) is 10.5. The highest BCUT2D eigenvalue weighted by Gasteiger charge is 2.17. The second-order valence-electron chi connectivity index (χ2n) is 3.79. The summed E-state index contributed by atoms with van der Waals surface area (Å²) in [6.07, 6.45) is 3.12. The van der Waals surface area contributed by atoms with Crippen LogP contribution in [0.4, 0.5) is 0 Å². The lowest BCUT2D eigenvalue weighted by Crippen LogP contribution is -2.08. The molecule has 1 aromatic carbocycles. The van der Waals surface area contributed by atoms with Crippen molar-refractivity contribution < 1.29 is 14.3 Å². The standard InChI is InChI=1S/C13H14N2O3/c1-15-8-14-7-11(15)13(16)10-5-4-9(17-2)6-12(10)18-3/h4-8H,1-3H3. The summed E-state index contributed by atoms with van der Waals surface area (Å²) in [7, 11) is 4.86. The average Bonchev–Trinajstić information content (AvgIpc) is 2.83. The largest absolute Gasteiger partial charge is 0.497 e. The third-order valence-corrected chi connectivity index (χ3v) is 2.70. The molecule has 2 aromatic rings. The van der Waals surface area contributed by atoms with E-state index in [2.05, 4.69) is 4.98 Å². The van der Waals surface area contributed by atoms with E-state index in [1.807, 2.05) is 0 Å². The molecule has 0 atom stereocenters. The fourth-order valence-electron chi connectivity index (χ4n) is 1.70. The molecule has 0 aliphatic heterocycles. The van der Waals surface area contributed by atoms with Crippen LogP contribution in [-0.2, 0) is 7.05 Å². The van der Waals surface area contributed by atoms with Gasteiger partial charge in [-0.15, -0.1) is 0 Å². The number of ketones is 1. The van der Waals surface area contributed by atoms with E-state index in [4.69, 9.17) is 9.47 Å². The molecule has 0 saturated carbocycles. The number of aromatic nitrogens is 2. The molecule has 5 heteroatoms. The molecule has 0 amide bonds. The molecule has 0 N–H and O–H groups in total. The molecular weight excluding hydrogens is 232 g/mol.